The summed E-state index contributed by atoms with van der Waals surface area (Å²) in [4.78, 5) is 0. The Balaban J connectivity index is 0.000000396. The fraction of sp³-hybridized carbons (Fsp3) is 0.833. The van der Waals surface area contributed by atoms with E-state index in [-0.39, 0.29) is 0 Å². The van der Waals surface area contributed by atoms with Crippen LogP contribution >= 0.6 is 0 Å². The standard InChI is InChI=1S/C10H19N.C2H4/c11-10(9-6-7-9)8-4-2-1-3-5-8;1-2/h8-10H,1-7,11H2;1-2H2. The second-order valence-corrected chi connectivity index (χ2v) is 4.31. The van der Waals surface area contributed by atoms with Crippen LogP contribution in [0.4, 0.5) is 0 Å². The monoisotopic (exact) mass is 181 g/mol. The molecule has 0 amide bonds. The minimum Gasteiger partial charge on any atom is -0.327 e. The SMILES string of the molecule is C=C.NC(C1CCCCC1)C1CC1. The molecule has 76 valence electrons. The normalized spacial score (nSPS) is 25.9. The highest BCUT2D eigenvalue weighted by molar-refractivity contribution is 4.89. The maximum Gasteiger partial charge on any atom is 0.00956 e. The highest BCUT2D eigenvalue weighted by Gasteiger charge is 2.33. The highest BCUT2D eigenvalue weighted by atomic mass is 14.7. The van der Waals surface area contributed by atoms with E-state index in [2.05, 4.69) is 13.2 Å². The molecule has 1 atom stereocenters. The molecule has 0 aliphatic heterocycles. The molecule has 0 spiro atoms. The summed E-state index contributed by atoms with van der Waals surface area (Å²) in [6, 6.07) is 0.565. The van der Waals surface area contributed by atoms with E-state index in [0.29, 0.717) is 6.04 Å². The Bertz CT molecular complexity index is 134. The van der Waals surface area contributed by atoms with Crippen molar-refractivity contribution in [2.24, 2.45) is 17.6 Å². The van der Waals surface area contributed by atoms with Crippen LogP contribution in [0.5, 0.6) is 0 Å². The van der Waals surface area contributed by atoms with Gasteiger partial charge in [0.05, 0.1) is 0 Å². The lowest BCUT2D eigenvalue weighted by atomic mass is 9.82. The first-order valence-electron chi connectivity index (χ1n) is 5.63. The van der Waals surface area contributed by atoms with Crippen LogP contribution in [0, 0.1) is 11.8 Å². The molecule has 2 fully saturated rings. The van der Waals surface area contributed by atoms with E-state index >= 15 is 0 Å². The van der Waals surface area contributed by atoms with Crippen LogP contribution in [-0.4, -0.2) is 6.04 Å². The maximum absolute atomic E-state index is 6.15. The maximum atomic E-state index is 6.15. The van der Waals surface area contributed by atoms with Crippen molar-refractivity contribution in [3.63, 3.8) is 0 Å². The van der Waals surface area contributed by atoms with Crippen LogP contribution in [0.2, 0.25) is 0 Å². The average Bonchev–Trinajstić information content (AvgIpc) is 3.05. The summed E-state index contributed by atoms with van der Waals surface area (Å²) in [7, 11) is 0. The van der Waals surface area contributed by atoms with Crippen molar-refractivity contribution in [3.05, 3.63) is 13.2 Å². The lowest BCUT2D eigenvalue weighted by Gasteiger charge is -2.27. The van der Waals surface area contributed by atoms with Gasteiger partial charge in [-0.2, -0.15) is 0 Å². The second kappa shape index (κ2) is 5.43. The van der Waals surface area contributed by atoms with Crippen LogP contribution in [0.1, 0.15) is 44.9 Å². The molecule has 0 radical (unpaired) electrons. The molecule has 0 heterocycles. The average molecular weight is 181 g/mol. The Hall–Kier alpha value is -0.300. The van der Waals surface area contributed by atoms with E-state index in [4.69, 9.17) is 5.73 Å². The van der Waals surface area contributed by atoms with Gasteiger partial charge in [0, 0.05) is 6.04 Å². The number of hydrogen-bond donors (Lipinski definition) is 1. The Morgan fingerprint density at radius 3 is 1.77 bits per heavy atom. The Morgan fingerprint density at radius 2 is 1.31 bits per heavy atom. The molecule has 2 rings (SSSR count). The van der Waals surface area contributed by atoms with Crippen molar-refractivity contribution in [1.29, 1.82) is 0 Å². The van der Waals surface area contributed by atoms with E-state index in [0.717, 1.165) is 11.8 Å². The van der Waals surface area contributed by atoms with Crippen LogP contribution in [-0.2, 0) is 0 Å². The van der Waals surface area contributed by atoms with Gasteiger partial charge in [-0.15, -0.1) is 13.2 Å². The largest absolute Gasteiger partial charge is 0.327 e. The van der Waals surface area contributed by atoms with Crippen molar-refractivity contribution in [1.82, 2.24) is 0 Å². The Kier molecular flexibility index (Phi) is 4.51. The Morgan fingerprint density at radius 1 is 0.846 bits per heavy atom. The van der Waals surface area contributed by atoms with Gasteiger partial charge in [-0.1, -0.05) is 19.3 Å². The first-order valence-corrected chi connectivity index (χ1v) is 5.63. The van der Waals surface area contributed by atoms with E-state index in [9.17, 15) is 0 Å². The number of rotatable bonds is 2. The van der Waals surface area contributed by atoms with E-state index in [1.807, 2.05) is 0 Å². The third-order valence-corrected chi connectivity index (χ3v) is 3.36. The summed E-state index contributed by atoms with van der Waals surface area (Å²) in [5.74, 6) is 1.80. The predicted molar refractivity (Wildman–Crippen MR) is 58.5 cm³/mol. The summed E-state index contributed by atoms with van der Waals surface area (Å²) in [6.45, 7) is 6.00. The lowest BCUT2D eigenvalue weighted by Crippen LogP contribution is -2.33. The topological polar surface area (TPSA) is 26.0 Å². The number of nitrogens with two attached hydrogens (primary N) is 1. The fourth-order valence-corrected chi connectivity index (χ4v) is 2.39. The molecule has 0 aromatic carbocycles. The predicted octanol–water partition coefficient (Wildman–Crippen LogP) is 3.11. The molecule has 2 N–H and O–H groups in total. The molecular formula is C12H23N. The lowest BCUT2D eigenvalue weighted by molar-refractivity contribution is 0.286. The molecule has 0 aromatic heterocycles. The van der Waals surface area contributed by atoms with Gasteiger partial charge in [-0.3, -0.25) is 0 Å². The summed E-state index contributed by atoms with van der Waals surface area (Å²) in [6.07, 6.45) is 9.98. The molecule has 2 aliphatic rings. The van der Waals surface area contributed by atoms with Crippen molar-refractivity contribution in [3.8, 4) is 0 Å². The van der Waals surface area contributed by atoms with Crippen molar-refractivity contribution in [2.45, 2.75) is 51.0 Å². The molecule has 1 heteroatoms. The quantitative estimate of drug-likeness (QED) is 0.651. The van der Waals surface area contributed by atoms with Gasteiger partial charge in [0.1, 0.15) is 0 Å². The smallest absolute Gasteiger partial charge is 0.00956 e. The van der Waals surface area contributed by atoms with Gasteiger partial charge >= 0.3 is 0 Å². The first-order chi connectivity index (χ1) is 6.38. The zero-order valence-electron chi connectivity index (χ0n) is 8.67. The van der Waals surface area contributed by atoms with Crippen LogP contribution < -0.4 is 5.73 Å². The molecule has 0 aromatic rings. The molecule has 0 saturated heterocycles. The van der Waals surface area contributed by atoms with Gasteiger partial charge in [0.2, 0.25) is 0 Å². The van der Waals surface area contributed by atoms with E-state index < -0.39 is 0 Å². The van der Waals surface area contributed by atoms with Gasteiger partial charge in [0.15, 0.2) is 0 Å². The van der Waals surface area contributed by atoms with Crippen LogP contribution in [0.25, 0.3) is 0 Å². The molecule has 0 bridgehead atoms. The van der Waals surface area contributed by atoms with Crippen molar-refractivity contribution in [2.75, 3.05) is 0 Å². The summed E-state index contributed by atoms with van der Waals surface area (Å²) < 4.78 is 0. The molecule has 2 saturated carbocycles. The van der Waals surface area contributed by atoms with Gasteiger partial charge < -0.3 is 5.73 Å². The minimum absolute atomic E-state index is 0.565. The summed E-state index contributed by atoms with van der Waals surface area (Å²) in [5, 5.41) is 0. The van der Waals surface area contributed by atoms with Gasteiger partial charge in [-0.25, -0.2) is 0 Å². The Labute approximate surface area is 82.4 Å². The summed E-state index contributed by atoms with van der Waals surface area (Å²) in [5.41, 5.74) is 6.15. The number of hydrogen-bond acceptors (Lipinski definition) is 1. The zero-order chi connectivity index (χ0) is 9.68. The van der Waals surface area contributed by atoms with E-state index in [1.165, 1.54) is 44.9 Å². The molecule has 13 heavy (non-hydrogen) atoms. The fourth-order valence-electron chi connectivity index (χ4n) is 2.39. The second-order valence-electron chi connectivity index (χ2n) is 4.31. The van der Waals surface area contributed by atoms with Crippen molar-refractivity contribution < 1.29 is 0 Å². The summed E-state index contributed by atoms with van der Waals surface area (Å²) >= 11 is 0. The third-order valence-electron chi connectivity index (χ3n) is 3.36. The molecule has 1 unspecified atom stereocenters. The van der Waals surface area contributed by atoms with Crippen molar-refractivity contribution >= 4 is 0 Å². The first kappa shape index (κ1) is 10.8. The highest BCUT2D eigenvalue weighted by Crippen LogP contribution is 2.38. The molecule has 1 nitrogen and oxygen atoms in total. The molecular weight excluding hydrogens is 158 g/mol. The van der Waals surface area contributed by atoms with E-state index in [1.54, 1.807) is 0 Å². The van der Waals surface area contributed by atoms with Gasteiger partial charge in [-0.05, 0) is 37.5 Å². The molecule has 2 aliphatic carbocycles. The minimum atomic E-state index is 0.565. The van der Waals surface area contributed by atoms with Crippen LogP contribution in [0.15, 0.2) is 13.2 Å². The van der Waals surface area contributed by atoms with Gasteiger partial charge in [0.25, 0.3) is 0 Å². The third kappa shape index (κ3) is 3.15. The zero-order valence-corrected chi connectivity index (χ0v) is 8.67. The van der Waals surface area contributed by atoms with Crippen LogP contribution in [0.3, 0.4) is 0 Å².